The summed E-state index contributed by atoms with van der Waals surface area (Å²) >= 11 is 0. The Morgan fingerprint density at radius 3 is 2.64 bits per heavy atom. The summed E-state index contributed by atoms with van der Waals surface area (Å²) in [7, 11) is 0. The summed E-state index contributed by atoms with van der Waals surface area (Å²) in [5.41, 5.74) is 5.19. The first-order valence-corrected chi connectivity index (χ1v) is 10.9. The zero-order chi connectivity index (χ0) is 24.1. The number of nitrogens with two attached hydrogens (primary N) is 1. The van der Waals surface area contributed by atoms with E-state index in [2.05, 4.69) is 9.97 Å². The topological polar surface area (TPSA) is 111 Å². The number of ether oxygens (including phenoxy) is 2. The van der Waals surface area contributed by atoms with Gasteiger partial charge in [0.1, 0.15) is 17.9 Å². The van der Waals surface area contributed by atoms with Crippen LogP contribution in [0.2, 0.25) is 0 Å². The van der Waals surface area contributed by atoms with Crippen molar-refractivity contribution in [3.8, 4) is 11.5 Å². The molecule has 33 heavy (non-hydrogen) atoms. The second-order valence-electron chi connectivity index (χ2n) is 8.58. The summed E-state index contributed by atoms with van der Waals surface area (Å²) in [4.78, 5) is 36.3. The molecule has 0 unspecified atom stereocenters. The van der Waals surface area contributed by atoms with Gasteiger partial charge >= 0.3 is 6.09 Å². The minimum atomic E-state index is -0.801. The molecule has 0 aliphatic carbocycles. The fourth-order valence-electron chi connectivity index (χ4n) is 4.06. The summed E-state index contributed by atoms with van der Waals surface area (Å²) in [5.74, 6) is 0.358. The van der Waals surface area contributed by atoms with Gasteiger partial charge in [0, 0.05) is 31.1 Å². The van der Waals surface area contributed by atoms with Gasteiger partial charge in [-0.15, -0.1) is 0 Å². The van der Waals surface area contributed by atoms with Gasteiger partial charge in [0.25, 0.3) is 5.91 Å². The maximum absolute atomic E-state index is 14.1. The third-order valence-electron chi connectivity index (χ3n) is 5.44. The van der Waals surface area contributed by atoms with Crippen LogP contribution >= 0.6 is 0 Å². The molecule has 0 spiro atoms. The number of nitrogens with zero attached hydrogens (tertiary/aromatic N) is 4. The van der Waals surface area contributed by atoms with Crippen molar-refractivity contribution < 1.29 is 23.5 Å². The van der Waals surface area contributed by atoms with E-state index in [0.717, 1.165) is 6.42 Å². The molecule has 0 radical (unpaired) electrons. The van der Waals surface area contributed by atoms with Gasteiger partial charge < -0.3 is 25.0 Å². The van der Waals surface area contributed by atoms with Crippen LogP contribution in [0, 0.1) is 11.7 Å². The van der Waals surface area contributed by atoms with Crippen LogP contribution in [0.5, 0.6) is 11.5 Å². The first-order chi connectivity index (χ1) is 15.7. The Morgan fingerprint density at radius 2 is 1.97 bits per heavy atom. The van der Waals surface area contributed by atoms with E-state index in [1.165, 1.54) is 30.7 Å². The molecule has 1 atom stereocenters. The standard InChI is InChI=1S/C23H30FN5O4/c1-14(2)29(15(3)4)22(30)18-9-17(24)5-6-19(18)33-20-10-26-13-27-21(20)28-8-7-16(11-28)12-32-23(25)31/h5-6,9-10,13-16H,7-8,11-12H2,1-4H3,(H2,25,31)/t16-/m0/s1. The second-order valence-corrected chi connectivity index (χ2v) is 8.58. The van der Waals surface area contributed by atoms with Gasteiger partial charge in [-0.05, 0) is 52.3 Å². The maximum atomic E-state index is 14.1. The van der Waals surface area contributed by atoms with Crippen LogP contribution in [0.4, 0.5) is 15.0 Å². The number of halogens is 1. The lowest BCUT2D eigenvalue weighted by Gasteiger charge is -2.31. The number of amides is 2. The molecule has 0 saturated carbocycles. The molecular weight excluding hydrogens is 429 g/mol. The average molecular weight is 460 g/mol. The summed E-state index contributed by atoms with van der Waals surface area (Å²) in [6.07, 6.45) is 2.90. The minimum Gasteiger partial charge on any atom is -0.451 e. The first kappa shape index (κ1) is 24.2. The Labute approximate surface area is 192 Å². The zero-order valence-corrected chi connectivity index (χ0v) is 19.3. The fraction of sp³-hybridized carbons (Fsp3) is 0.478. The minimum absolute atomic E-state index is 0.0756. The predicted octanol–water partition coefficient (Wildman–Crippen LogP) is 3.59. The van der Waals surface area contributed by atoms with Crippen LogP contribution in [0.25, 0.3) is 0 Å². The number of anilines is 1. The molecule has 10 heteroatoms. The van der Waals surface area contributed by atoms with E-state index in [1.807, 2.05) is 32.6 Å². The van der Waals surface area contributed by atoms with Gasteiger partial charge in [-0.2, -0.15) is 0 Å². The number of carbonyl (C=O) groups is 2. The monoisotopic (exact) mass is 459 g/mol. The van der Waals surface area contributed by atoms with Crippen LogP contribution in [0.15, 0.2) is 30.7 Å². The van der Waals surface area contributed by atoms with Gasteiger partial charge in [0.05, 0.1) is 18.4 Å². The van der Waals surface area contributed by atoms with Crippen molar-refractivity contribution in [3.63, 3.8) is 0 Å². The third kappa shape index (κ3) is 5.88. The highest BCUT2D eigenvalue weighted by atomic mass is 19.1. The molecule has 0 bridgehead atoms. The van der Waals surface area contributed by atoms with Crippen molar-refractivity contribution >= 4 is 17.8 Å². The Kier molecular flexibility index (Phi) is 7.67. The molecule has 2 aromatic rings. The maximum Gasteiger partial charge on any atom is 0.404 e. The van der Waals surface area contributed by atoms with Gasteiger partial charge in [0.2, 0.25) is 0 Å². The Bertz CT molecular complexity index is 993. The number of benzene rings is 1. The smallest absolute Gasteiger partial charge is 0.404 e. The van der Waals surface area contributed by atoms with E-state index in [9.17, 15) is 14.0 Å². The summed E-state index contributed by atoms with van der Waals surface area (Å²) in [6, 6.07) is 3.72. The van der Waals surface area contributed by atoms with Crippen molar-refractivity contribution in [2.45, 2.75) is 46.2 Å². The van der Waals surface area contributed by atoms with E-state index < -0.39 is 11.9 Å². The fourth-order valence-corrected chi connectivity index (χ4v) is 4.06. The largest absolute Gasteiger partial charge is 0.451 e. The lowest BCUT2D eigenvalue weighted by molar-refractivity contribution is 0.0640. The Balaban J connectivity index is 1.87. The summed E-state index contributed by atoms with van der Waals surface area (Å²) in [5, 5.41) is 0. The number of carbonyl (C=O) groups excluding carboxylic acids is 2. The molecule has 1 aromatic heterocycles. The van der Waals surface area contributed by atoms with E-state index in [0.29, 0.717) is 24.7 Å². The van der Waals surface area contributed by atoms with E-state index in [-0.39, 0.29) is 41.8 Å². The second kappa shape index (κ2) is 10.5. The average Bonchev–Trinajstić information content (AvgIpc) is 3.22. The Hall–Kier alpha value is -3.43. The molecule has 2 heterocycles. The summed E-state index contributed by atoms with van der Waals surface area (Å²) in [6.45, 7) is 9.12. The Morgan fingerprint density at radius 1 is 1.24 bits per heavy atom. The molecule has 1 aromatic carbocycles. The van der Waals surface area contributed by atoms with Gasteiger partial charge in [-0.1, -0.05) is 0 Å². The number of hydrogen-bond acceptors (Lipinski definition) is 7. The number of hydrogen-bond donors (Lipinski definition) is 1. The normalized spacial score (nSPS) is 15.7. The molecule has 9 nitrogen and oxygen atoms in total. The molecule has 1 aliphatic heterocycles. The highest BCUT2D eigenvalue weighted by Gasteiger charge is 2.29. The highest BCUT2D eigenvalue weighted by molar-refractivity contribution is 5.97. The quantitative estimate of drug-likeness (QED) is 0.642. The molecule has 1 aliphatic rings. The highest BCUT2D eigenvalue weighted by Crippen LogP contribution is 2.35. The molecule has 3 rings (SSSR count). The SMILES string of the molecule is CC(C)N(C(=O)c1cc(F)ccc1Oc1cncnc1N1CC[C@H](COC(N)=O)C1)C(C)C. The van der Waals surface area contributed by atoms with Crippen LogP contribution in [0.3, 0.4) is 0 Å². The van der Waals surface area contributed by atoms with E-state index in [4.69, 9.17) is 15.2 Å². The van der Waals surface area contributed by atoms with Crippen LogP contribution < -0.4 is 15.4 Å². The van der Waals surface area contributed by atoms with Gasteiger partial charge in [0.15, 0.2) is 11.6 Å². The van der Waals surface area contributed by atoms with Crippen LogP contribution in [-0.2, 0) is 4.74 Å². The first-order valence-electron chi connectivity index (χ1n) is 10.9. The van der Waals surface area contributed by atoms with E-state index in [1.54, 1.807) is 4.90 Å². The van der Waals surface area contributed by atoms with Gasteiger partial charge in [-0.3, -0.25) is 4.79 Å². The third-order valence-corrected chi connectivity index (χ3v) is 5.44. The molecule has 1 fully saturated rings. The molecular formula is C23H30FN5O4. The van der Waals surface area contributed by atoms with Crippen molar-refractivity contribution in [2.24, 2.45) is 11.7 Å². The van der Waals surface area contributed by atoms with Crippen molar-refractivity contribution in [2.75, 3.05) is 24.6 Å². The molecule has 2 N–H and O–H groups in total. The lowest BCUT2D eigenvalue weighted by atomic mass is 10.1. The summed E-state index contributed by atoms with van der Waals surface area (Å²) < 4.78 is 25.1. The van der Waals surface area contributed by atoms with E-state index >= 15 is 0 Å². The molecule has 2 amide bonds. The van der Waals surface area contributed by atoms with Crippen molar-refractivity contribution in [1.82, 2.24) is 14.9 Å². The van der Waals surface area contributed by atoms with Crippen molar-refractivity contribution in [3.05, 3.63) is 42.1 Å². The number of primary amides is 1. The van der Waals surface area contributed by atoms with Crippen LogP contribution in [-0.4, -0.2) is 58.6 Å². The van der Waals surface area contributed by atoms with Crippen LogP contribution in [0.1, 0.15) is 44.5 Å². The lowest BCUT2D eigenvalue weighted by Crippen LogP contribution is -2.42. The molecule has 1 saturated heterocycles. The zero-order valence-electron chi connectivity index (χ0n) is 19.3. The molecule has 178 valence electrons. The number of aromatic nitrogens is 2. The predicted molar refractivity (Wildman–Crippen MR) is 121 cm³/mol. The van der Waals surface area contributed by atoms with Gasteiger partial charge in [-0.25, -0.2) is 19.2 Å². The number of rotatable bonds is 8. The van der Waals surface area contributed by atoms with Crippen molar-refractivity contribution in [1.29, 1.82) is 0 Å².